The zero-order valence-corrected chi connectivity index (χ0v) is 13.6. The normalized spacial score (nSPS) is 11.3. The minimum atomic E-state index is -0.815. The van der Waals surface area contributed by atoms with Crippen LogP contribution in [0.1, 0.15) is 22.7 Å². The van der Waals surface area contributed by atoms with Crippen molar-refractivity contribution in [1.29, 1.82) is 10.5 Å². The molecule has 0 radical (unpaired) electrons. The summed E-state index contributed by atoms with van der Waals surface area (Å²) in [6.45, 7) is 0. The molecule has 7 heteroatoms. The number of nitrogens with zero attached hydrogens (tertiary/aromatic N) is 4. The van der Waals surface area contributed by atoms with Crippen molar-refractivity contribution >= 4 is 0 Å². The molecule has 1 N–H and O–H groups in total. The van der Waals surface area contributed by atoms with Gasteiger partial charge in [-0.25, -0.2) is 4.79 Å². The van der Waals surface area contributed by atoms with E-state index in [1.807, 2.05) is 30.3 Å². The van der Waals surface area contributed by atoms with Gasteiger partial charge in [-0.1, -0.05) is 42.5 Å². The van der Waals surface area contributed by atoms with Gasteiger partial charge in [0.15, 0.2) is 0 Å². The number of aromatic amines is 1. The Labute approximate surface area is 148 Å². The number of rotatable bonds is 4. The number of nitrogens with one attached hydrogen (secondary N) is 1. The molecule has 0 aliphatic rings. The van der Waals surface area contributed by atoms with Crippen molar-refractivity contribution in [2.24, 2.45) is 0 Å². The molecule has 1 atom stereocenters. The Morgan fingerprint density at radius 2 is 1.73 bits per heavy atom. The van der Waals surface area contributed by atoms with Crippen LogP contribution in [-0.2, 0) is 6.42 Å². The summed E-state index contributed by atoms with van der Waals surface area (Å²) in [5.41, 5.74) is 0.353. The summed E-state index contributed by atoms with van der Waals surface area (Å²) < 4.78 is 0.961. The highest BCUT2D eigenvalue weighted by molar-refractivity contribution is 5.36. The monoisotopic (exact) mass is 343 g/mol. The van der Waals surface area contributed by atoms with Crippen LogP contribution in [0.25, 0.3) is 5.69 Å². The lowest BCUT2D eigenvalue weighted by Gasteiger charge is -2.10. The highest BCUT2D eigenvalue weighted by Crippen LogP contribution is 2.20. The van der Waals surface area contributed by atoms with Gasteiger partial charge in [0, 0.05) is 0 Å². The number of benzene rings is 2. The Bertz CT molecular complexity index is 1120. The van der Waals surface area contributed by atoms with Gasteiger partial charge in [0.1, 0.15) is 6.07 Å². The number of hydrogen-bond donors (Lipinski definition) is 1. The molecule has 0 bridgehead atoms. The summed E-state index contributed by atoms with van der Waals surface area (Å²) in [6.07, 6.45) is 0.526. The fourth-order valence-electron chi connectivity index (χ4n) is 2.58. The highest BCUT2D eigenvalue weighted by Gasteiger charge is 2.12. The number of hydrogen-bond acceptors (Lipinski definition) is 5. The summed E-state index contributed by atoms with van der Waals surface area (Å²) in [5, 5.41) is 22.1. The van der Waals surface area contributed by atoms with Crippen LogP contribution in [0.4, 0.5) is 0 Å². The predicted octanol–water partition coefficient (Wildman–Crippen LogP) is 1.64. The van der Waals surface area contributed by atoms with E-state index in [1.165, 1.54) is 0 Å². The van der Waals surface area contributed by atoms with Crippen LogP contribution in [0.15, 0.2) is 64.2 Å². The fourth-order valence-corrected chi connectivity index (χ4v) is 2.58. The van der Waals surface area contributed by atoms with Crippen molar-refractivity contribution in [1.82, 2.24) is 14.8 Å². The Balaban J connectivity index is 1.88. The summed E-state index contributed by atoms with van der Waals surface area (Å²) in [6, 6.07) is 20.3. The molecule has 0 aliphatic heterocycles. The quantitative estimate of drug-likeness (QED) is 0.773. The van der Waals surface area contributed by atoms with Gasteiger partial charge in [-0.3, -0.25) is 9.78 Å². The molecular weight excluding hydrogens is 330 g/mol. The van der Waals surface area contributed by atoms with Gasteiger partial charge in [-0.05, 0) is 29.7 Å². The molecule has 0 saturated carbocycles. The van der Waals surface area contributed by atoms with E-state index in [2.05, 4.69) is 16.2 Å². The molecule has 1 heterocycles. The highest BCUT2D eigenvalue weighted by atomic mass is 16.2. The Morgan fingerprint density at radius 1 is 1.04 bits per heavy atom. The zero-order valence-electron chi connectivity index (χ0n) is 13.6. The second-order valence-electron chi connectivity index (χ2n) is 5.59. The van der Waals surface area contributed by atoms with E-state index in [4.69, 9.17) is 5.26 Å². The van der Waals surface area contributed by atoms with Gasteiger partial charge in [0.25, 0.3) is 5.56 Å². The Kier molecular flexibility index (Phi) is 4.73. The molecule has 0 spiro atoms. The Hall–Kier alpha value is -3.97. The standard InChI is InChI=1S/C19H13N5O2/c20-11-15(14-4-2-1-3-5-14)10-13-6-8-16(9-7-13)24-19(26)22-18(25)17(12-21)23-24/h1-9,15H,10H2,(H,22,25,26). The minimum Gasteiger partial charge on any atom is -0.270 e. The van der Waals surface area contributed by atoms with E-state index in [0.717, 1.165) is 15.8 Å². The average molecular weight is 343 g/mol. The summed E-state index contributed by atoms with van der Waals surface area (Å²) in [4.78, 5) is 25.4. The van der Waals surface area contributed by atoms with Crippen LogP contribution < -0.4 is 11.2 Å². The molecule has 126 valence electrons. The maximum Gasteiger partial charge on any atom is 0.349 e. The summed E-state index contributed by atoms with van der Waals surface area (Å²) in [7, 11) is 0. The maximum absolute atomic E-state index is 11.9. The van der Waals surface area contributed by atoms with Gasteiger partial charge in [0.05, 0.1) is 17.7 Å². The Morgan fingerprint density at radius 3 is 2.35 bits per heavy atom. The van der Waals surface area contributed by atoms with Crippen LogP contribution in [0.2, 0.25) is 0 Å². The van der Waals surface area contributed by atoms with Crippen molar-refractivity contribution in [2.45, 2.75) is 12.3 Å². The smallest absolute Gasteiger partial charge is 0.270 e. The van der Waals surface area contributed by atoms with Crippen LogP contribution in [0.3, 0.4) is 0 Å². The maximum atomic E-state index is 11.9. The predicted molar refractivity (Wildman–Crippen MR) is 93.7 cm³/mol. The first-order valence-corrected chi connectivity index (χ1v) is 7.80. The zero-order chi connectivity index (χ0) is 18.5. The summed E-state index contributed by atoms with van der Waals surface area (Å²) in [5.74, 6) is -0.277. The van der Waals surface area contributed by atoms with Crippen LogP contribution in [0.5, 0.6) is 0 Å². The first-order valence-electron chi connectivity index (χ1n) is 7.80. The lowest BCUT2D eigenvalue weighted by atomic mass is 9.93. The van der Waals surface area contributed by atoms with Gasteiger partial charge >= 0.3 is 5.69 Å². The fraction of sp³-hybridized carbons (Fsp3) is 0.105. The third-order valence-electron chi connectivity index (χ3n) is 3.91. The minimum absolute atomic E-state index is 0.277. The molecule has 0 fully saturated rings. The molecule has 1 aromatic heterocycles. The lowest BCUT2D eigenvalue weighted by Crippen LogP contribution is -2.33. The SMILES string of the molecule is N#Cc1nn(-c2ccc(CC(C#N)c3ccccc3)cc2)c(=O)[nH]c1=O. The number of H-pyrrole nitrogens is 1. The van der Waals surface area contributed by atoms with E-state index >= 15 is 0 Å². The molecular formula is C19H13N5O2. The third-order valence-corrected chi connectivity index (χ3v) is 3.91. The van der Waals surface area contributed by atoms with Crippen molar-refractivity contribution in [2.75, 3.05) is 0 Å². The molecule has 1 unspecified atom stereocenters. The third kappa shape index (κ3) is 3.42. The van der Waals surface area contributed by atoms with E-state index in [0.29, 0.717) is 12.1 Å². The first-order chi connectivity index (χ1) is 12.6. The molecule has 0 saturated heterocycles. The van der Waals surface area contributed by atoms with Gasteiger partial charge in [-0.15, -0.1) is 5.10 Å². The average Bonchev–Trinajstić information content (AvgIpc) is 2.67. The topological polar surface area (TPSA) is 115 Å². The molecule has 26 heavy (non-hydrogen) atoms. The van der Waals surface area contributed by atoms with Crippen LogP contribution in [-0.4, -0.2) is 14.8 Å². The van der Waals surface area contributed by atoms with Crippen LogP contribution in [0, 0.1) is 22.7 Å². The second-order valence-corrected chi connectivity index (χ2v) is 5.59. The van der Waals surface area contributed by atoms with Crippen molar-refractivity contribution < 1.29 is 0 Å². The van der Waals surface area contributed by atoms with Crippen molar-refractivity contribution in [3.8, 4) is 17.8 Å². The van der Waals surface area contributed by atoms with E-state index in [1.54, 1.807) is 30.3 Å². The molecule has 7 nitrogen and oxygen atoms in total. The van der Waals surface area contributed by atoms with Gasteiger partial charge in [0.2, 0.25) is 5.69 Å². The van der Waals surface area contributed by atoms with Crippen molar-refractivity contribution in [3.05, 3.63) is 92.3 Å². The van der Waals surface area contributed by atoms with Crippen LogP contribution >= 0.6 is 0 Å². The summed E-state index contributed by atoms with van der Waals surface area (Å²) >= 11 is 0. The van der Waals surface area contributed by atoms with Crippen molar-refractivity contribution in [3.63, 3.8) is 0 Å². The van der Waals surface area contributed by atoms with E-state index in [9.17, 15) is 14.9 Å². The molecule has 0 aliphatic carbocycles. The molecule has 3 rings (SSSR count). The number of nitriles is 2. The second kappa shape index (κ2) is 7.29. The molecule has 2 aromatic carbocycles. The van der Waals surface area contributed by atoms with Gasteiger partial charge in [-0.2, -0.15) is 15.2 Å². The molecule has 0 amide bonds. The number of aromatic nitrogens is 3. The van der Waals surface area contributed by atoms with E-state index in [-0.39, 0.29) is 11.6 Å². The van der Waals surface area contributed by atoms with E-state index < -0.39 is 11.2 Å². The lowest BCUT2D eigenvalue weighted by molar-refractivity contribution is 0.739. The molecule has 3 aromatic rings. The largest absolute Gasteiger partial charge is 0.349 e. The first kappa shape index (κ1) is 16.9. The van der Waals surface area contributed by atoms with Gasteiger partial charge < -0.3 is 0 Å².